The zero-order chi connectivity index (χ0) is 23.6. The summed E-state index contributed by atoms with van der Waals surface area (Å²) in [5.41, 5.74) is 0.976. The van der Waals surface area contributed by atoms with Crippen molar-refractivity contribution in [2.75, 3.05) is 36.4 Å². The van der Waals surface area contributed by atoms with Gasteiger partial charge in [-0.3, -0.25) is 14.9 Å². The van der Waals surface area contributed by atoms with E-state index in [1.54, 1.807) is 4.90 Å². The number of nitrogens with one attached hydrogen (secondary N) is 2. The molecule has 2 aliphatic rings. The van der Waals surface area contributed by atoms with Gasteiger partial charge in [0, 0.05) is 43.9 Å². The van der Waals surface area contributed by atoms with Crippen molar-refractivity contribution in [1.29, 1.82) is 0 Å². The fourth-order valence-electron chi connectivity index (χ4n) is 3.61. The fourth-order valence-corrected chi connectivity index (χ4v) is 3.61. The van der Waals surface area contributed by atoms with Crippen molar-refractivity contribution in [3.05, 3.63) is 24.3 Å². The summed E-state index contributed by atoms with van der Waals surface area (Å²) in [6, 6.07) is 7.26. The van der Waals surface area contributed by atoms with Crippen molar-refractivity contribution in [3.8, 4) is 11.5 Å². The van der Waals surface area contributed by atoms with Crippen molar-refractivity contribution >= 4 is 29.6 Å². The summed E-state index contributed by atoms with van der Waals surface area (Å²) >= 11 is 0. The molecule has 2 saturated heterocycles. The van der Waals surface area contributed by atoms with Gasteiger partial charge in [0.25, 0.3) is 0 Å². The van der Waals surface area contributed by atoms with Crippen molar-refractivity contribution in [3.63, 3.8) is 0 Å². The van der Waals surface area contributed by atoms with Crippen LogP contribution in [-0.2, 0) is 14.3 Å². The van der Waals surface area contributed by atoms with E-state index in [1.165, 1.54) is 0 Å². The van der Waals surface area contributed by atoms with E-state index in [4.69, 9.17) is 9.15 Å². The Morgan fingerprint density at radius 1 is 1.12 bits per heavy atom. The summed E-state index contributed by atoms with van der Waals surface area (Å²) in [6.45, 7) is 7.68. The number of carbonyl (C=O) groups is 3. The molecule has 33 heavy (non-hydrogen) atoms. The van der Waals surface area contributed by atoms with Crippen LogP contribution in [0.5, 0.6) is 0 Å². The first-order valence-corrected chi connectivity index (χ1v) is 10.9. The predicted octanol–water partition coefficient (Wildman–Crippen LogP) is 2.01. The predicted molar refractivity (Wildman–Crippen MR) is 120 cm³/mol. The Labute approximate surface area is 191 Å². The molecule has 176 valence electrons. The molecular formula is C22H28N6O5. The number of piperidine rings is 1. The molecule has 4 rings (SSSR count). The van der Waals surface area contributed by atoms with Crippen LogP contribution in [0.3, 0.4) is 0 Å². The van der Waals surface area contributed by atoms with E-state index in [0.717, 1.165) is 11.3 Å². The van der Waals surface area contributed by atoms with Gasteiger partial charge < -0.3 is 24.3 Å². The number of ether oxygens (including phenoxy) is 1. The standard InChI is InChI=1S/C22H28N6O5/c1-22(2,3)33-21(31)28-12-10-27(11-13-28)20-26-25-19(32-20)14-4-6-15(7-5-14)23-16-8-9-17(29)24-18(16)30/h4-7,16,23H,8-13H2,1-3H3,(H,24,29,30). The van der Waals surface area contributed by atoms with Crippen molar-refractivity contribution in [2.45, 2.75) is 45.3 Å². The molecule has 1 aromatic heterocycles. The lowest BCUT2D eigenvalue weighted by Crippen LogP contribution is -2.50. The lowest BCUT2D eigenvalue weighted by molar-refractivity contribution is -0.133. The number of hydrogen-bond donors (Lipinski definition) is 2. The van der Waals surface area contributed by atoms with Gasteiger partial charge in [0.2, 0.25) is 17.7 Å². The molecule has 11 nitrogen and oxygen atoms in total. The summed E-state index contributed by atoms with van der Waals surface area (Å²) in [7, 11) is 0. The van der Waals surface area contributed by atoms with Crippen LogP contribution in [-0.4, -0.2) is 70.8 Å². The van der Waals surface area contributed by atoms with Gasteiger partial charge in [-0.05, 0) is 51.5 Å². The van der Waals surface area contributed by atoms with Crippen LogP contribution in [0.15, 0.2) is 28.7 Å². The molecule has 0 spiro atoms. The Balaban J connectivity index is 1.33. The van der Waals surface area contributed by atoms with E-state index in [-0.39, 0.29) is 17.9 Å². The maximum atomic E-state index is 12.2. The third kappa shape index (κ3) is 5.60. The number of imide groups is 1. The van der Waals surface area contributed by atoms with Gasteiger partial charge in [0.15, 0.2) is 0 Å². The second kappa shape index (κ2) is 9.08. The Kier molecular flexibility index (Phi) is 6.21. The molecular weight excluding hydrogens is 428 g/mol. The average Bonchev–Trinajstić information content (AvgIpc) is 3.25. The first kappa shape index (κ1) is 22.6. The van der Waals surface area contributed by atoms with Crippen LogP contribution < -0.4 is 15.5 Å². The molecule has 0 radical (unpaired) electrons. The molecule has 11 heteroatoms. The first-order valence-electron chi connectivity index (χ1n) is 10.9. The summed E-state index contributed by atoms with van der Waals surface area (Å²) < 4.78 is 11.3. The fraction of sp³-hybridized carbons (Fsp3) is 0.500. The van der Waals surface area contributed by atoms with Crippen LogP contribution in [0.2, 0.25) is 0 Å². The summed E-state index contributed by atoms with van der Waals surface area (Å²) in [5.74, 6) is -0.178. The van der Waals surface area contributed by atoms with E-state index in [1.807, 2.05) is 49.9 Å². The van der Waals surface area contributed by atoms with E-state index in [0.29, 0.717) is 50.9 Å². The molecule has 1 unspecified atom stereocenters. The van der Waals surface area contributed by atoms with E-state index in [9.17, 15) is 14.4 Å². The van der Waals surface area contributed by atoms with Crippen molar-refractivity contribution < 1.29 is 23.5 Å². The summed E-state index contributed by atoms with van der Waals surface area (Å²) in [5, 5.41) is 13.8. The number of anilines is 2. The molecule has 0 bridgehead atoms. The minimum absolute atomic E-state index is 0.244. The highest BCUT2D eigenvalue weighted by molar-refractivity contribution is 6.01. The van der Waals surface area contributed by atoms with Crippen molar-refractivity contribution in [2.24, 2.45) is 0 Å². The first-order chi connectivity index (χ1) is 15.7. The number of carbonyl (C=O) groups excluding carboxylic acids is 3. The van der Waals surface area contributed by atoms with Gasteiger partial charge in [0.1, 0.15) is 11.6 Å². The Morgan fingerprint density at radius 2 is 1.82 bits per heavy atom. The largest absolute Gasteiger partial charge is 0.444 e. The number of aromatic nitrogens is 2. The third-order valence-corrected chi connectivity index (χ3v) is 5.33. The monoisotopic (exact) mass is 456 g/mol. The number of hydrogen-bond acceptors (Lipinski definition) is 9. The van der Waals surface area contributed by atoms with Gasteiger partial charge in [0.05, 0.1) is 0 Å². The molecule has 2 aromatic rings. The molecule has 2 fully saturated rings. The second-order valence-corrected chi connectivity index (χ2v) is 9.07. The van der Waals surface area contributed by atoms with Gasteiger partial charge >= 0.3 is 12.1 Å². The molecule has 1 aromatic carbocycles. The Morgan fingerprint density at radius 3 is 2.45 bits per heavy atom. The second-order valence-electron chi connectivity index (χ2n) is 9.07. The maximum Gasteiger partial charge on any atom is 0.410 e. The minimum atomic E-state index is -0.525. The zero-order valence-electron chi connectivity index (χ0n) is 19.0. The normalized spacial score (nSPS) is 19.3. The smallest absolute Gasteiger partial charge is 0.410 e. The molecule has 0 aliphatic carbocycles. The Hall–Kier alpha value is -3.63. The molecule has 2 aliphatic heterocycles. The number of amides is 3. The summed E-state index contributed by atoms with van der Waals surface area (Å²) in [4.78, 5) is 39.0. The zero-order valence-corrected chi connectivity index (χ0v) is 19.0. The number of rotatable bonds is 4. The highest BCUT2D eigenvalue weighted by Gasteiger charge is 2.28. The van der Waals surface area contributed by atoms with Crippen LogP contribution in [0.4, 0.5) is 16.5 Å². The minimum Gasteiger partial charge on any atom is -0.444 e. The van der Waals surface area contributed by atoms with Crippen LogP contribution in [0.25, 0.3) is 11.5 Å². The summed E-state index contributed by atoms with van der Waals surface area (Å²) in [6.07, 6.45) is 0.457. The molecule has 0 saturated carbocycles. The highest BCUT2D eigenvalue weighted by atomic mass is 16.6. The molecule has 1 atom stereocenters. The van der Waals surface area contributed by atoms with E-state index < -0.39 is 11.6 Å². The van der Waals surface area contributed by atoms with Gasteiger partial charge in [-0.15, -0.1) is 5.10 Å². The highest BCUT2D eigenvalue weighted by Crippen LogP contribution is 2.25. The van der Waals surface area contributed by atoms with E-state index in [2.05, 4.69) is 20.8 Å². The average molecular weight is 457 g/mol. The topological polar surface area (TPSA) is 130 Å². The van der Waals surface area contributed by atoms with Crippen LogP contribution in [0, 0.1) is 0 Å². The maximum absolute atomic E-state index is 12.2. The van der Waals surface area contributed by atoms with E-state index >= 15 is 0 Å². The van der Waals surface area contributed by atoms with Crippen LogP contribution >= 0.6 is 0 Å². The van der Waals surface area contributed by atoms with Gasteiger partial charge in [-0.25, -0.2) is 4.79 Å². The quantitative estimate of drug-likeness (QED) is 0.664. The molecule has 2 N–H and O–H groups in total. The van der Waals surface area contributed by atoms with Crippen molar-refractivity contribution in [1.82, 2.24) is 20.4 Å². The van der Waals surface area contributed by atoms with Gasteiger partial charge in [-0.1, -0.05) is 5.10 Å². The third-order valence-electron chi connectivity index (χ3n) is 5.33. The lowest BCUT2D eigenvalue weighted by atomic mass is 10.1. The molecule has 3 heterocycles. The number of nitrogens with zero attached hydrogens (tertiary/aromatic N) is 4. The Bertz CT molecular complexity index is 1020. The van der Waals surface area contributed by atoms with Crippen LogP contribution in [0.1, 0.15) is 33.6 Å². The molecule has 3 amide bonds. The van der Waals surface area contributed by atoms with Gasteiger partial charge in [-0.2, -0.15) is 0 Å². The number of benzene rings is 1. The number of piperazine rings is 1. The lowest BCUT2D eigenvalue weighted by Gasteiger charge is -2.34. The SMILES string of the molecule is CC(C)(C)OC(=O)N1CCN(c2nnc(-c3ccc(NC4CCC(=O)NC4=O)cc3)o2)CC1.